The largest absolute Gasteiger partial charge is 0.502 e. The van der Waals surface area contributed by atoms with Gasteiger partial charge in [-0.05, 0) is 48.4 Å². The molecule has 40 heavy (non-hydrogen) atoms. The Labute approximate surface area is 238 Å². The number of phenolic OH excluding ortho intramolecular Hbond substituents is 1. The zero-order chi connectivity index (χ0) is 28.4. The molecular weight excluding hydrogens is 552 g/mol. The number of aromatic hydroxyl groups is 1. The van der Waals surface area contributed by atoms with Crippen LogP contribution in [0.5, 0.6) is 17.2 Å². The number of hydrogen-bond acceptors (Lipinski definition) is 8. The predicted molar refractivity (Wildman–Crippen MR) is 154 cm³/mol. The minimum atomic E-state index is -0.811. The van der Waals surface area contributed by atoms with Crippen molar-refractivity contribution < 1.29 is 24.1 Å². The van der Waals surface area contributed by atoms with Gasteiger partial charge in [-0.2, -0.15) is 0 Å². The van der Waals surface area contributed by atoms with E-state index >= 15 is 0 Å². The van der Waals surface area contributed by atoms with E-state index in [4.69, 9.17) is 30.8 Å². The smallest absolute Gasteiger partial charge is 0.338 e. The Balaban J connectivity index is 1.81. The van der Waals surface area contributed by atoms with Crippen molar-refractivity contribution in [1.82, 2.24) is 4.57 Å². The summed E-state index contributed by atoms with van der Waals surface area (Å²) in [5.41, 5.74) is 2.31. The highest BCUT2D eigenvalue weighted by atomic mass is 35.5. The molecule has 1 aliphatic heterocycles. The van der Waals surface area contributed by atoms with Gasteiger partial charge in [0.15, 0.2) is 16.3 Å². The molecular formula is C30H25ClN2O6S. The highest BCUT2D eigenvalue weighted by molar-refractivity contribution is 7.07. The van der Waals surface area contributed by atoms with Gasteiger partial charge in [-0.15, -0.1) is 0 Å². The van der Waals surface area contributed by atoms with Gasteiger partial charge in [-0.25, -0.2) is 9.79 Å². The van der Waals surface area contributed by atoms with Gasteiger partial charge in [0, 0.05) is 10.6 Å². The molecule has 1 aromatic heterocycles. The lowest BCUT2D eigenvalue weighted by atomic mass is 9.93. The number of esters is 1. The van der Waals surface area contributed by atoms with E-state index in [9.17, 15) is 14.7 Å². The Kier molecular flexibility index (Phi) is 7.77. The third-order valence-electron chi connectivity index (χ3n) is 6.36. The summed E-state index contributed by atoms with van der Waals surface area (Å²) in [4.78, 5) is 32.7. The van der Waals surface area contributed by atoms with Crippen molar-refractivity contribution in [1.29, 1.82) is 0 Å². The summed E-state index contributed by atoms with van der Waals surface area (Å²) >= 11 is 7.37. The van der Waals surface area contributed by atoms with Gasteiger partial charge in [0.25, 0.3) is 5.56 Å². The van der Waals surface area contributed by atoms with Gasteiger partial charge in [0.2, 0.25) is 5.75 Å². The summed E-state index contributed by atoms with van der Waals surface area (Å²) in [5.74, 6) is -0.299. The first-order chi connectivity index (χ1) is 19.4. The first-order valence-corrected chi connectivity index (χ1v) is 13.5. The fourth-order valence-electron chi connectivity index (χ4n) is 4.55. The summed E-state index contributed by atoms with van der Waals surface area (Å²) < 4.78 is 17.9. The number of benzene rings is 3. The zero-order valence-electron chi connectivity index (χ0n) is 21.9. The number of carbonyl (C=O) groups is 1. The lowest BCUT2D eigenvalue weighted by Crippen LogP contribution is -2.40. The van der Waals surface area contributed by atoms with E-state index in [1.165, 1.54) is 30.1 Å². The predicted octanol–water partition coefficient (Wildman–Crippen LogP) is 4.31. The zero-order valence-corrected chi connectivity index (χ0v) is 23.5. The van der Waals surface area contributed by atoms with Crippen molar-refractivity contribution in [2.45, 2.75) is 13.0 Å². The number of methoxy groups -OCH3 is 2. The second-order valence-electron chi connectivity index (χ2n) is 8.76. The van der Waals surface area contributed by atoms with E-state index in [2.05, 4.69) is 0 Å². The van der Waals surface area contributed by atoms with Gasteiger partial charge < -0.3 is 19.3 Å². The molecule has 0 aliphatic carbocycles. The quantitative estimate of drug-likeness (QED) is 0.329. The van der Waals surface area contributed by atoms with E-state index in [0.29, 0.717) is 31.2 Å². The molecule has 0 bridgehead atoms. The number of phenols is 1. The molecule has 0 amide bonds. The van der Waals surface area contributed by atoms with Crippen LogP contribution in [0.4, 0.5) is 0 Å². The summed E-state index contributed by atoms with van der Waals surface area (Å²) in [6, 6.07) is 18.7. The van der Waals surface area contributed by atoms with E-state index in [1.807, 2.05) is 30.3 Å². The first kappa shape index (κ1) is 27.2. The first-order valence-electron chi connectivity index (χ1n) is 12.3. The highest BCUT2D eigenvalue weighted by Crippen LogP contribution is 2.38. The van der Waals surface area contributed by atoms with Crippen molar-refractivity contribution >= 4 is 40.7 Å². The highest BCUT2D eigenvalue weighted by Gasteiger charge is 2.35. The van der Waals surface area contributed by atoms with Crippen molar-refractivity contribution in [2.75, 3.05) is 20.8 Å². The molecule has 1 aliphatic rings. The summed E-state index contributed by atoms with van der Waals surface area (Å²) in [6.45, 7) is 1.89. The van der Waals surface area contributed by atoms with E-state index in [1.54, 1.807) is 49.4 Å². The van der Waals surface area contributed by atoms with Gasteiger partial charge in [-0.1, -0.05) is 65.4 Å². The Morgan fingerprint density at radius 2 is 1.73 bits per heavy atom. The Bertz CT molecular complexity index is 1770. The van der Waals surface area contributed by atoms with Gasteiger partial charge >= 0.3 is 5.97 Å². The third kappa shape index (κ3) is 5.01. The van der Waals surface area contributed by atoms with Crippen LogP contribution in [-0.2, 0) is 9.53 Å². The summed E-state index contributed by atoms with van der Waals surface area (Å²) in [7, 11) is 2.86. The second-order valence-corrected chi connectivity index (χ2v) is 10.2. The van der Waals surface area contributed by atoms with E-state index < -0.39 is 12.0 Å². The maximum atomic E-state index is 14.0. The Hall–Kier alpha value is -4.34. The van der Waals surface area contributed by atoms with Crippen molar-refractivity contribution in [2.24, 2.45) is 4.99 Å². The van der Waals surface area contributed by atoms with Crippen LogP contribution in [0.3, 0.4) is 0 Å². The minimum Gasteiger partial charge on any atom is -0.502 e. The molecule has 0 fully saturated rings. The molecule has 3 aromatic carbocycles. The average Bonchev–Trinajstić information content (AvgIpc) is 3.28. The molecule has 0 saturated carbocycles. The number of rotatable bonds is 7. The molecule has 5 rings (SSSR count). The molecule has 1 N–H and O–H groups in total. The number of carbonyl (C=O) groups excluding carboxylic acids is 1. The average molecular weight is 577 g/mol. The number of nitrogens with zero attached hydrogens (tertiary/aromatic N) is 2. The fourth-order valence-corrected chi connectivity index (χ4v) is 5.68. The van der Waals surface area contributed by atoms with Crippen LogP contribution in [-0.4, -0.2) is 36.5 Å². The van der Waals surface area contributed by atoms with Crippen LogP contribution in [0.2, 0.25) is 5.02 Å². The van der Waals surface area contributed by atoms with Crippen LogP contribution in [0.1, 0.15) is 29.7 Å². The van der Waals surface area contributed by atoms with Crippen LogP contribution in [0, 0.1) is 0 Å². The minimum absolute atomic E-state index is 0.141. The lowest BCUT2D eigenvalue weighted by molar-refractivity contribution is -0.138. The fraction of sp³-hybridized carbons (Fsp3) is 0.167. The van der Waals surface area contributed by atoms with Gasteiger partial charge in [-0.3, -0.25) is 9.36 Å². The number of ether oxygens (including phenoxy) is 3. The topological polar surface area (TPSA) is 99.4 Å². The molecule has 10 heteroatoms. The lowest BCUT2D eigenvalue weighted by Gasteiger charge is -2.25. The summed E-state index contributed by atoms with van der Waals surface area (Å²) in [5, 5.41) is 10.8. The second kappa shape index (κ2) is 11.4. The molecule has 0 spiro atoms. The molecule has 204 valence electrons. The van der Waals surface area contributed by atoms with E-state index in [-0.39, 0.29) is 35.0 Å². The number of aromatic nitrogens is 1. The van der Waals surface area contributed by atoms with Crippen LogP contribution in [0.25, 0.3) is 11.8 Å². The maximum Gasteiger partial charge on any atom is 0.338 e. The van der Waals surface area contributed by atoms with Crippen molar-refractivity contribution in [3.8, 4) is 17.2 Å². The van der Waals surface area contributed by atoms with Crippen LogP contribution >= 0.6 is 22.9 Å². The number of thiazole rings is 1. The number of hydrogen-bond donors (Lipinski definition) is 1. The molecule has 0 saturated heterocycles. The van der Waals surface area contributed by atoms with E-state index in [0.717, 1.165) is 5.56 Å². The summed E-state index contributed by atoms with van der Waals surface area (Å²) in [6.07, 6.45) is 1.67. The van der Waals surface area contributed by atoms with Crippen LogP contribution < -0.4 is 24.4 Å². The Morgan fingerprint density at radius 3 is 2.33 bits per heavy atom. The molecule has 2 heterocycles. The molecule has 0 unspecified atom stereocenters. The van der Waals surface area contributed by atoms with Gasteiger partial charge in [0.05, 0.1) is 42.7 Å². The SMILES string of the molecule is CCOC(=O)C1=C(c2ccccc2)N=c2s/c(=C/c3cc(OC)c(O)c(OC)c3)c(=O)n2[C@H]1c1ccc(Cl)cc1. The van der Waals surface area contributed by atoms with Gasteiger partial charge in [0.1, 0.15) is 0 Å². The van der Waals surface area contributed by atoms with Crippen molar-refractivity contribution in [3.63, 3.8) is 0 Å². The molecule has 4 aromatic rings. The maximum absolute atomic E-state index is 14.0. The number of fused-ring (bicyclic) bond motifs is 1. The monoisotopic (exact) mass is 576 g/mol. The molecule has 8 nitrogen and oxygen atoms in total. The molecule has 1 atom stereocenters. The van der Waals surface area contributed by atoms with Crippen LogP contribution in [0.15, 0.2) is 82.1 Å². The Morgan fingerprint density at radius 1 is 1.07 bits per heavy atom. The number of halogens is 1. The standard InChI is InChI=1S/C30H25ClN2O6S/c1-4-39-29(36)24-25(18-8-6-5-7-9-18)32-30-33(26(24)19-10-12-20(31)13-11-19)28(35)23(40-30)16-17-14-21(37-2)27(34)22(15-17)38-3/h5-16,26,34H,4H2,1-3H3/b23-16+/t26-/m0/s1. The normalized spacial score (nSPS) is 14.9. The third-order valence-corrected chi connectivity index (χ3v) is 7.59. The van der Waals surface area contributed by atoms with Crippen molar-refractivity contribution in [3.05, 3.63) is 114 Å². The molecule has 0 radical (unpaired) electrons.